The summed E-state index contributed by atoms with van der Waals surface area (Å²) in [5.74, 6) is -0.470. The minimum absolute atomic E-state index is 0.155. The van der Waals surface area contributed by atoms with Crippen LogP contribution in [0.15, 0.2) is 54.3 Å². The van der Waals surface area contributed by atoms with Crippen LogP contribution in [0.4, 0.5) is 4.79 Å². The molecule has 1 spiro atoms. The minimum Gasteiger partial charge on any atom is -0.493 e. The second-order valence-corrected chi connectivity index (χ2v) is 13.2. The molecule has 4 aliphatic rings. The average molecular weight is 622 g/mol. The molecule has 2 bridgehead atoms. The van der Waals surface area contributed by atoms with Crippen LogP contribution >= 0.6 is 0 Å². The van der Waals surface area contributed by atoms with Crippen molar-refractivity contribution < 1.29 is 47.9 Å². The molecule has 11 nitrogen and oxygen atoms in total. The van der Waals surface area contributed by atoms with Gasteiger partial charge in [-0.05, 0) is 71.8 Å². The van der Waals surface area contributed by atoms with E-state index in [4.69, 9.17) is 28.4 Å². The Labute approximate surface area is 262 Å². The Hall–Kier alpha value is -4.09. The van der Waals surface area contributed by atoms with E-state index in [1.807, 2.05) is 19.2 Å². The predicted molar refractivity (Wildman–Crippen MR) is 160 cm³/mol. The number of carbonyl (C=O) groups excluding carboxylic acids is 3. The number of hydrogen-bond donors (Lipinski definition) is 1. The van der Waals surface area contributed by atoms with Gasteiger partial charge in [0.1, 0.15) is 11.4 Å². The summed E-state index contributed by atoms with van der Waals surface area (Å²) in [7, 11) is 3.58. The van der Waals surface area contributed by atoms with Gasteiger partial charge in [0, 0.05) is 23.6 Å². The van der Waals surface area contributed by atoms with E-state index in [2.05, 4.69) is 4.90 Å². The average Bonchev–Trinajstić information content (AvgIpc) is 3.34. The first-order valence-corrected chi connectivity index (χ1v) is 15.2. The number of piperidine rings is 1. The Kier molecular flexibility index (Phi) is 7.60. The van der Waals surface area contributed by atoms with Crippen LogP contribution in [-0.2, 0) is 40.4 Å². The number of nitrogens with zero attached hydrogens (tertiary/aromatic N) is 1. The summed E-state index contributed by atoms with van der Waals surface area (Å²) in [4.78, 5) is 41.4. The van der Waals surface area contributed by atoms with Gasteiger partial charge in [0.2, 0.25) is 6.10 Å². The first kappa shape index (κ1) is 30.9. The maximum atomic E-state index is 13.4. The molecule has 0 amide bonds. The van der Waals surface area contributed by atoms with Crippen LogP contribution in [0, 0.1) is 0 Å². The van der Waals surface area contributed by atoms with E-state index in [0.717, 1.165) is 17.7 Å². The second kappa shape index (κ2) is 11.1. The van der Waals surface area contributed by atoms with E-state index in [9.17, 15) is 19.5 Å². The number of benzene rings is 2. The monoisotopic (exact) mass is 621 g/mol. The number of hydrogen-bond acceptors (Lipinski definition) is 11. The summed E-state index contributed by atoms with van der Waals surface area (Å²) in [6.45, 7) is 7.11. The van der Waals surface area contributed by atoms with Crippen molar-refractivity contribution in [3.63, 3.8) is 0 Å². The Morgan fingerprint density at radius 3 is 2.49 bits per heavy atom. The van der Waals surface area contributed by atoms with Crippen LogP contribution < -0.4 is 9.47 Å². The highest BCUT2D eigenvalue weighted by Gasteiger charge is 2.72. The molecule has 1 saturated heterocycles. The molecular weight excluding hydrogens is 582 g/mol. The van der Waals surface area contributed by atoms with Gasteiger partial charge >= 0.3 is 18.1 Å². The van der Waals surface area contributed by atoms with Gasteiger partial charge in [0.25, 0.3) is 0 Å². The summed E-state index contributed by atoms with van der Waals surface area (Å²) in [6, 6.07) is 12.0. The van der Waals surface area contributed by atoms with Gasteiger partial charge in [-0.3, -0.25) is 0 Å². The normalized spacial score (nSPS) is 27.6. The zero-order valence-electron chi connectivity index (χ0n) is 26.3. The Balaban J connectivity index is 1.23. The lowest BCUT2D eigenvalue weighted by Crippen LogP contribution is -2.74. The van der Waals surface area contributed by atoms with E-state index < -0.39 is 53.0 Å². The molecule has 0 radical (unpaired) electrons. The maximum Gasteiger partial charge on any atom is 0.509 e. The highest BCUT2D eigenvalue weighted by atomic mass is 16.7. The van der Waals surface area contributed by atoms with E-state index in [1.54, 1.807) is 64.3 Å². The van der Waals surface area contributed by atoms with Crippen molar-refractivity contribution in [3.8, 4) is 11.5 Å². The summed E-state index contributed by atoms with van der Waals surface area (Å²) in [6.07, 6.45) is -1.52. The fraction of sp³-hybridized carbons (Fsp3) is 0.500. The summed E-state index contributed by atoms with van der Waals surface area (Å²) < 4.78 is 34.1. The van der Waals surface area contributed by atoms with Crippen LogP contribution in [0.2, 0.25) is 0 Å². The molecule has 1 N–H and O–H groups in total. The summed E-state index contributed by atoms with van der Waals surface area (Å²) >= 11 is 0. The number of methoxy groups -OCH3 is 1. The van der Waals surface area contributed by atoms with Gasteiger partial charge in [-0.1, -0.05) is 36.4 Å². The quantitative estimate of drug-likeness (QED) is 0.354. The van der Waals surface area contributed by atoms with Gasteiger partial charge < -0.3 is 38.4 Å². The number of ether oxygens (including phenoxy) is 6. The molecule has 6 rings (SSSR count). The van der Waals surface area contributed by atoms with E-state index in [-0.39, 0.29) is 18.2 Å². The van der Waals surface area contributed by atoms with Crippen LogP contribution in [0.25, 0.3) is 0 Å². The molecule has 240 valence electrons. The van der Waals surface area contributed by atoms with Crippen molar-refractivity contribution in [1.29, 1.82) is 0 Å². The second-order valence-electron chi connectivity index (χ2n) is 13.2. The van der Waals surface area contributed by atoms with Crippen LogP contribution in [0.5, 0.6) is 11.5 Å². The molecule has 2 aromatic carbocycles. The van der Waals surface area contributed by atoms with Crippen LogP contribution in [-0.4, -0.2) is 78.3 Å². The Morgan fingerprint density at radius 2 is 1.80 bits per heavy atom. The molecular formula is C34H39NO10. The number of carbonyl (C=O) groups is 3. The molecule has 0 saturated carbocycles. The van der Waals surface area contributed by atoms with E-state index in [0.29, 0.717) is 29.9 Å². The molecule has 0 aromatic heterocycles. The number of rotatable bonds is 7. The molecule has 11 heteroatoms. The number of esters is 2. The highest BCUT2D eigenvalue weighted by Crippen LogP contribution is 2.65. The van der Waals surface area contributed by atoms with Crippen molar-refractivity contribution in [2.75, 3.05) is 20.7 Å². The predicted octanol–water partition coefficient (Wildman–Crippen LogP) is 4.14. The van der Waals surface area contributed by atoms with Crippen LogP contribution in [0.1, 0.15) is 63.3 Å². The maximum absolute atomic E-state index is 13.4. The Bertz CT molecular complexity index is 1550. The molecule has 45 heavy (non-hydrogen) atoms. The van der Waals surface area contributed by atoms with Crippen molar-refractivity contribution in [3.05, 3.63) is 71.0 Å². The van der Waals surface area contributed by atoms with Gasteiger partial charge in [0.05, 0.1) is 18.1 Å². The smallest absolute Gasteiger partial charge is 0.493 e. The van der Waals surface area contributed by atoms with Gasteiger partial charge in [0.15, 0.2) is 23.7 Å². The zero-order valence-corrected chi connectivity index (χ0v) is 26.3. The fourth-order valence-corrected chi connectivity index (χ4v) is 7.32. The summed E-state index contributed by atoms with van der Waals surface area (Å²) in [5, 5.41) is 12.4. The molecule has 0 unspecified atom stereocenters. The third-order valence-corrected chi connectivity index (χ3v) is 9.32. The lowest BCUT2D eigenvalue weighted by Gasteiger charge is -2.61. The molecule has 2 heterocycles. The largest absolute Gasteiger partial charge is 0.509 e. The highest BCUT2D eigenvalue weighted by molar-refractivity contribution is 5.84. The van der Waals surface area contributed by atoms with Gasteiger partial charge in [-0.25, -0.2) is 14.4 Å². The third-order valence-electron chi connectivity index (χ3n) is 9.32. The van der Waals surface area contributed by atoms with Crippen molar-refractivity contribution in [1.82, 2.24) is 4.90 Å². The third kappa shape index (κ3) is 5.02. The molecule has 2 aliphatic heterocycles. The lowest BCUT2D eigenvalue weighted by atomic mass is 9.50. The standard InChI is InChI=1S/C34H39NO10/c1-19(41-30(37)26(20-10-8-7-9-11-20)44-31(38)45-32(2,3)4)29(36)42-23-14-15-34(39)24-18-21-12-13-22(40-6)27-25(21)33(34,28(23)43-27)16-17-35(24)5/h7-14,19,24,26,28,39H,15-18H2,1-6H3/t19-,24-,26-,28-,33-,34+/m0/s1. The van der Waals surface area contributed by atoms with Crippen LogP contribution in [0.3, 0.4) is 0 Å². The summed E-state index contributed by atoms with van der Waals surface area (Å²) in [5.41, 5.74) is -0.543. The van der Waals surface area contributed by atoms with Crippen molar-refractivity contribution >= 4 is 18.1 Å². The first-order valence-electron chi connectivity index (χ1n) is 15.2. The topological polar surface area (TPSA) is 130 Å². The Morgan fingerprint density at radius 1 is 1.07 bits per heavy atom. The first-order chi connectivity index (χ1) is 21.3. The minimum atomic E-state index is -1.48. The van der Waals surface area contributed by atoms with Gasteiger partial charge in [-0.15, -0.1) is 0 Å². The molecule has 2 aromatic rings. The zero-order chi connectivity index (χ0) is 32.3. The SMILES string of the molecule is COc1ccc2c3c1O[C@H]1C(OC(=O)[C@H](C)OC(=O)[C@@H](OC(=O)OC(C)(C)C)c4ccccc4)=CC[C@@]4(O)[C@H](C2)N(C)CC[C@]314. The van der Waals surface area contributed by atoms with Crippen molar-refractivity contribution in [2.24, 2.45) is 0 Å². The number of likely N-dealkylation sites (tertiary alicyclic amines) is 1. The van der Waals surface area contributed by atoms with E-state index >= 15 is 0 Å². The molecule has 6 atom stereocenters. The molecule has 2 aliphatic carbocycles. The van der Waals surface area contributed by atoms with Crippen molar-refractivity contribution in [2.45, 2.75) is 87.9 Å². The lowest BCUT2D eigenvalue weighted by molar-refractivity contribution is -0.178. The van der Waals surface area contributed by atoms with Gasteiger partial charge in [-0.2, -0.15) is 0 Å². The van der Waals surface area contributed by atoms with E-state index in [1.165, 1.54) is 6.92 Å². The number of likely N-dealkylation sites (N-methyl/N-ethyl adjacent to an activating group) is 1. The fourth-order valence-electron chi connectivity index (χ4n) is 7.32. The molecule has 1 fully saturated rings. The number of aliphatic hydroxyl groups is 1.